The minimum atomic E-state index is -3.37. The van der Waals surface area contributed by atoms with Gasteiger partial charge in [0.1, 0.15) is 23.3 Å². The number of ether oxygens (including phenoxy) is 1. The summed E-state index contributed by atoms with van der Waals surface area (Å²) >= 11 is 0. The molecule has 1 atom stereocenters. The second-order valence-electron chi connectivity index (χ2n) is 3.78. The van der Waals surface area contributed by atoms with Gasteiger partial charge in [0, 0.05) is 0 Å². The number of carboxylic acids is 1. The van der Waals surface area contributed by atoms with E-state index in [2.05, 4.69) is 0 Å². The van der Waals surface area contributed by atoms with E-state index in [-0.39, 0.29) is 17.3 Å². The largest absolute Gasteiger partial charge is 0.490 e. The van der Waals surface area contributed by atoms with Gasteiger partial charge in [-0.25, -0.2) is 8.42 Å². The van der Waals surface area contributed by atoms with E-state index >= 15 is 0 Å². The summed E-state index contributed by atoms with van der Waals surface area (Å²) in [6.07, 6.45) is 0. The number of hydrogen-bond donors (Lipinski definition) is 2. The summed E-state index contributed by atoms with van der Waals surface area (Å²) in [5.74, 6) is -1.03. The highest BCUT2D eigenvalue weighted by atomic mass is 32.2. The van der Waals surface area contributed by atoms with Crippen LogP contribution in [0.25, 0.3) is 0 Å². The highest BCUT2D eigenvalue weighted by molar-refractivity contribution is 7.93. The third kappa shape index (κ3) is 1.67. The molecule has 2 heterocycles. The van der Waals surface area contributed by atoms with Gasteiger partial charge < -0.3 is 15.6 Å². The number of benzene rings is 1. The second kappa shape index (κ2) is 3.71. The van der Waals surface area contributed by atoms with Crippen LogP contribution in [0.2, 0.25) is 0 Å². The zero-order valence-electron chi connectivity index (χ0n) is 9.00. The van der Waals surface area contributed by atoms with Crippen LogP contribution in [0.4, 0.5) is 0 Å². The number of carbonyl (C=O) groups is 1. The fraction of sp³-hybridized carbons (Fsp3) is 0.300. The number of sulfone groups is 1. The molecular formula is C10H11NO5S. The van der Waals surface area contributed by atoms with E-state index < -0.39 is 21.8 Å². The second-order valence-corrected chi connectivity index (χ2v) is 5.63. The summed E-state index contributed by atoms with van der Waals surface area (Å²) in [5.41, 5.74) is 5.91. The van der Waals surface area contributed by atoms with Gasteiger partial charge in [0.15, 0.2) is 0 Å². The molecule has 7 heteroatoms. The van der Waals surface area contributed by atoms with Crippen molar-refractivity contribution in [3.8, 4) is 5.75 Å². The first kappa shape index (κ1) is 11.9. The Kier molecular flexibility index (Phi) is 2.59. The molecule has 0 saturated heterocycles. The van der Waals surface area contributed by atoms with E-state index in [4.69, 9.17) is 15.6 Å². The van der Waals surface area contributed by atoms with Crippen molar-refractivity contribution >= 4 is 15.8 Å². The number of fused-ring (bicyclic) bond motifs is 2. The van der Waals surface area contributed by atoms with Crippen LogP contribution in [0.1, 0.15) is 5.56 Å². The van der Waals surface area contributed by atoms with Gasteiger partial charge in [-0.05, 0) is 24.6 Å². The Morgan fingerprint density at radius 1 is 1.53 bits per heavy atom. The molecule has 1 unspecified atom stereocenters. The van der Waals surface area contributed by atoms with Gasteiger partial charge in [0.2, 0.25) is 9.84 Å². The molecule has 3 N–H and O–H groups in total. The fourth-order valence-corrected chi connectivity index (χ4v) is 3.43. The smallest absolute Gasteiger partial charge is 0.324 e. The van der Waals surface area contributed by atoms with E-state index in [0.717, 1.165) is 0 Å². The number of aryl methyl sites for hydroxylation is 1. The number of nitrogens with two attached hydrogens (primary N) is 1. The third-order valence-corrected chi connectivity index (χ3v) is 4.68. The minimum Gasteiger partial charge on any atom is -0.490 e. The van der Waals surface area contributed by atoms with Crippen molar-refractivity contribution in [3.05, 3.63) is 17.7 Å². The van der Waals surface area contributed by atoms with Gasteiger partial charge >= 0.3 is 5.97 Å². The topological polar surface area (TPSA) is 107 Å². The van der Waals surface area contributed by atoms with E-state index in [1.54, 1.807) is 6.92 Å². The van der Waals surface area contributed by atoms with Crippen molar-refractivity contribution < 1.29 is 23.1 Å². The standard InChI is InChI=1S/C10H11NO5S/c1-5-8-3-2-7(9(5)17(8,14)15)16-4-6(11)10(12)13/h2-3,6H,4,11H2,1H3,(H,12,13). The molecule has 92 valence electrons. The lowest BCUT2D eigenvalue weighted by Gasteiger charge is -2.24. The summed E-state index contributed by atoms with van der Waals surface area (Å²) in [5, 5.41) is 8.58. The van der Waals surface area contributed by atoms with Crippen molar-refractivity contribution in [2.75, 3.05) is 6.61 Å². The van der Waals surface area contributed by atoms with Gasteiger partial charge in [-0.2, -0.15) is 0 Å². The van der Waals surface area contributed by atoms with Crippen molar-refractivity contribution in [3.63, 3.8) is 0 Å². The summed E-state index contributed by atoms with van der Waals surface area (Å²) < 4.78 is 28.4. The maximum Gasteiger partial charge on any atom is 0.324 e. The Bertz CT molecular complexity index is 593. The molecule has 0 aliphatic carbocycles. The van der Waals surface area contributed by atoms with Crippen LogP contribution < -0.4 is 10.5 Å². The Balaban J connectivity index is 2.22. The van der Waals surface area contributed by atoms with E-state index in [1.807, 2.05) is 0 Å². The Labute approximate surface area is 97.9 Å². The number of rotatable bonds is 4. The van der Waals surface area contributed by atoms with Gasteiger partial charge in [-0.1, -0.05) is 0 Å². The molecule has 2 bridgehead atoms. The zero-order chi connectivity index (χ0) is 12.8. The molecule has 3 rings (SSSR count). The fourth-order valence-electron chi connectivity index (χ4n) is 1.70. The van der Waals surface area contributed by atoms with E-state index in [0.29, 0.717) is 10.5 Å². The highest BCUT2D eigenvalue weighted by Crippen LogP contribution is 2.44. The molecule has 6 nitrogen and oxygen atoms in total. The lowest BCUT2D eigenvalue weighted by atomic mass is 10.2. The summed E-state index contributed by atoms with van der Waals surface area (Å²) in [4.78, 5) is 10.9. The Hall–Kier alpha value is -1.60. The summed E-state index contributed by atoms with van der Waals surface area (Å²) in [6.45, 7) is 1.41. The molecule has 2 aliphatic rings. The number of carboxylic acid groups (broad SMARTS) is 1. The predicted octanol–water partition coefficient (Wildman–Crippen LogP) is -0.0681. The van der Waals surface area contributed by atoms with Gasteiger partial charge in [-0.15, -0.1) is 0 Å². The quantitative estimate of drug-likeness (QED) is 0.794. The van der Waals surface area contributed by atoms with Crippen LogP contribution in [0, 0.1) is 6.92 Å². The molecule has 0 saturated carbocycles. The molecule has 1 aromatic rings. The zero-order valence-corrected chi connectivity index (χ0v) is 9.82. The van der Waals surface area contributed by atoms with E-state index in [9.17, 15) is 13.2 Å². The minimum absolute atomic E-state index is 0.132. The average molecular weight is 257 g/mol. The van der Waals surface area contributed by atoms with Crippen LogP contribution in [0.15, 0.2) is 21.9 Å². The molecule has 17 heavy (non-hydrogen) atoms. The number of aliphatic carboxylic acids is 1. The number of hydrogen-bond acceptors (Lipinski definition) is 5. The Morgan fingerprint density at radius 2 is 2.18 bits per heavy atom. The molecule has 2 aliphatic heterocycles. The normalized spacial score (nSPS) is 17.1. The highest BCUT2D eigenvalue weighted by Gasteiger charge is 2.37. The van der Waals surface area contributed by atoms with Crippen molar-refractivity contribution in [2.24, 2.45) is 5.73 Å². The maximum atomic E-state index is 11.6. The van der Waals surface area contributed by atoms with Crippen LogP contribution in [0.5, 0.6) is 5.75 Å². The molecule has 1 aromatic carbocycles. The van der Waals surface area contributed by atoms with Crippen LogP contribution in [0.3, 0.4) is 0 Å². The predicted molar refractivity (Wildman–Crippen MR) is 57.7 cm³/mol. The lowest BCUT2D eigenvalue weighted by molar-refractivity contribution is -0.139. The molecule has 0 spiro atoms. The van der Waals surface area contributed by atoms with Crippen LogP contribution in [-0.2, 0) is 14.6 Å². The molecular weight excluding hydrogens is 246 g/mol. The maximum absolute atomic E-state index is 11.6. The lowest BCUT2D eigenvalue weighted by Crippen LogP contribution is -2.36. The molecule has 0 aromatic heterocycles. The first-order valence-corrected chi connectivity index (χ1v) is 6.34. The molecule has 0 amide bonds. The van der Waals surface area contributed by atoms with Gasteiger partial charge in [0.05, 0.1) is 4.90 Å². The van der Waals surface area contributed by atoms with Crippen molar-refractivity contribution in [1.82, 2.24) is 0 Å². The third-order valence-electron chi connectivity index (χ3n) is 2.61. The monoisotopic (exact) mass is 257 g/mol. The van der Waals surface area contributed by atoms with Crippen molar-refractivity contribution in [2.45, 2.75) is 22.8 Å². The van der Waals surface area contributed by atoms with Crippen molar-refractivity contribution in [1.29, 1.82) is 0 Å². The van der Waals surface area contributed by atoms with Gasteiger partial charge in [0.25, 0.3) is 0 Å². The molecule has 0 fully saturated rings. The SMILES string of the molecule is Cc1c2ccc(OCC(N)C(=O)O)c1S2(=O)=O. The van der Waals surface area contributed by atoms with E-state index in [1.165, 1.54) is 12.1 Å². The van der Waals surface area contributed by atoms with Gasteiger partial charge in [-0.3, -0.25) is 4.79 Å². The Morgan fingerprint density at radius 3 is 2.65 bits per heavy atom. The average Bonchev–Trinajstić information content (AvgIpc) is 2.25. The van der Waals surface area contributed by atoms with Crippen LogP contribution in [-0.4, -0.2) is 32.1 Å². The first-order valence-electron chi connectivity index (χ1n) is 4.85. The molecule has 0 radical (unpaired) electrons. The summed E-state index contributed by atoms with van der Waals surface area (Å²) in [6, 6.07) is 1.78. The van der Waals surface area contributed by atoms with Crippen LogP contribution >= 0.6 is 0 Å². The summed E-state index contributed by atoms with van der Waals surface area (Å²) in [7, 11) is -3.37. The first-order chi connectivity index (χ1) is 7.85.